The average Bonchev–Trinajstić information content (AvgIpc) is 3.78. The van der Waals surface area contributed by atoms with E-state index in [1.54, 1.807) is 46.2 Å². The average molecular weight is 743 g/mol. The molecule has 2 saturated heterocycles. The minimum Gasteiger partial charge on any atom is -0.375 e. The van der Waals surface area contributed by atoms with Gasteiger partial charge in [-0.05, 0) is 51.0 Å². The first-order chi connectivity index (χ1) is 26.0. The van der Waals surface area contributed by atoms with Gasteiger partial charge >= 0.3 is 0 Å². The van der Waals surface area contributed by atoms with Crippen LogP contribution in [0, 0.1) is 11.6 Å². The minimum absolute atomic E-state index is 0.0465. The van der Waals surface area contributed by atoms with Crippen LogP contribution in [0.3, 0.4) is 0 Å². The number of ether oxygens (including phenoxy) is 2. The first kappa shape index (κ1) is 37.2. The first-order valence-electron chi connectivity index (χ1n) is 18.5. The van der Waals surface area contributed by atoms with Gasteiger partial charge in [-0.2, -0.15) is 0 Å². The molecule has 0 bridgehead atoms. The SMILES string of the molecule is CC1CN(C2=CC(=O)CC(CC(=O)N3CCc4c(F)cccc43)=N2)CCO1.CC1CN(C2=CC(=O)CC(CC(=O)N3CCc4c(F)cccc43)=N2)CCO1. The molecule has 284 valence electrons. The second-order valence-electron chi connectivity index (χ2n) is 14.3. The highest BCUT2D eigenvalue weighted by Crippen LogP contribution is 2.32. The van der Waals surface area contributed by atoms with Gasteiger partial charge < -0.3 is 29.1 Å². The topological polar surface area (TPSA) is 124 Å². The number of anilines is 2. The van der Waals surface area contributed by atoms with Crippen molar-refractivity contribution in [1.29, 1.82) is 0 Å². The number of halogens is 2. The van der Waals surface area contributed by atoms with Gasteiger partial charge in [0.2, 0.25) is 11.8 Å². The monoisotopic (exact) mass is 742 g/mol. The number of ketones is 2. The Bertz CT molecular complexity index is 1840. The summed E-state index contributed by atoms with van der Waals surface area (Å²) in [5.41, 5.74) is 3.53. The lowest BCUT2D eigenvalue weighted by molar-refractivity contribution is -0.118. The van der Waals surface area contributed by atoms with Crippen molar-refractivity contribution in [2.75, 3.05) is 62.3 Å². The number of aliphatic imine (C=N–C) groups is 2. The Labute approximate surface area is 312 Å². The Morgan fingerprint density at radius 1 is 0.685 bits per heavy atom. The van der Waals surface area contributed by atoms with Gasteiger partial charge in [0.15, 0.2) is 11.6 Å². The molecule has 14 heteroatoms. The molecule has 6 heterocycles. The quantitative estimate of drug-likeness (QED) is 0.433. The molecule has 6 aliphatic heterocycles. The second-order valence-corrected chi connectivity index (χ2v) is 14.3. The van der Waals surface area contributed by atoms with E-state index in [-0.39, 0.29) is 72.9 Å². The van der Waals surface area contributed by atoms with Crippen LogP contribution in [0.2, 0.25) is 0 Å². The molecule has 0 radical (unpaired) electrons. The number of rotatable bonds is 6. The van der Waals surface area contributed by atoms with Crippen LogP contribution in [0.25, 0.3) is 0 Å². The molecule has 8 rings (SSSR count). The van der Waals surface area contributed by atoms with E-state index in [1.165, 1.54) is 12.1 Å². The molecule has 0 saturated carbocycles. The van der Waals surface area contributed by atoms with Crippen LogP contribution in [0.4, 0.5) is 20.2 Å². The van der Waals surface area contributed by atoms with E-state index in [4.69, 9.17) is 9.47 Å². The summed E-state index contributed by atoms with van der Waals surface area (Å²) in [6, 6.07) is 9.58. The predicted molar refractivity (Wildman–Crippen MR) is 198 cm³/mol. The molecule has 12 nitrogen and oxygen atoms in total. The fourth-order valence-electron chi connectivity index (χ4n) is 7.68. The Hall–Kier alpha value is -5.08. The van der Waals surface area contributed by atoms with E-state index in [0.717, 1.165) is 0 Å². The maximum Gasteiger partial charge on any atom is 0.232 e. The standard InChI is InChI=1S/2C20H22FN3O3/c2*1-13-12-23(7-8-27-13)19-11-15(25)9-14(22-19)10-20(26)24-6-5-16-17(21)3-2-4-18(16)24/h2*2-4,11,13H,5-10,12H2,1H3. The maximum atomic E-state index is 13.9. The summed E-state index contributed by atoms with van der Waals surface area (Å²) in [7, 11) is 0. The van der Waals surface area contributed by atoms with E-state index in [1.807, 2.05) is 23.6 Å². The van der Waals surface area contributed by atoms with Crippen molar-refractivity contribution in [2.45, 2.75) is 64.6 Å². The second kappa shape index (κ2) is 16.1. The van der Waals surface area contributed by atoms with Gasteiger partial charge in [0.1, 0.15) is 23.3 Å². The van der Waals surface area contributed by atoms with E-state index in [2.05, 4.69) is 9.98 Å². The lowest BCUT2D eigenvalue weighted by Gasteiger charge is -2.33. The lowest BCUT2D eigenvalue weighted by Crippen LogP contribution is -2.41. The summed E-state index contributed by atoms with van der Waals surface area (Å²) in [5.74, 6) is 0.267. The fourth-order valence-corrected chi connectivity index (χ4v) is 7.68. The molecule has 2 amide bonds. The molecule has 2 aromatic carbocycles. The fraction of sp³-hybridized carbons (Fsp3) is 0.450. The van der Waals surface area contributed by atoms with E-state index in [0.29, 0.717) is 111 Å². The van der Waals surface area contributed by atoms with Crippen LogP contribution in [0.5, 0.6) is 0 Å². The van der Waals surface area contributed by atoms with E-state index in [9.17, 15) is 28.0 Å². The van der Waals surface area contributed by atoms with Crippen molar-refractivity contribution in [1.82, 2.24) is 9.80 Å². The molecule has 54 heavy (non-hydrogen) atoms. The summed E-state index contributed by atoms with van der Waals surface area (Å²) in [5, 5.41) is 0. The number of carbonyl (C=O) groups excluding carboxylic acids is 4. The Morgan fingerprint density at radius 3 is 1.52 bits per heavy atom. The van der Waals surface area contributed by atoms with Crippen LogP contribution >= 0.6 is 0 Å². The van der Waals surface area contributed by atoms with Crippen molar-refractivity contribution >= 4 is 46.2 Å². The molecule has 2 atom stereocenters. The molecule has 0 N–H and O–H groups in total. The highest BCUT2D eigenvalue weighted by Gasteiger charge is 2.31. The highest BCUT2D eigenvalue weighted by molar-refractivity contribution is 6.17. The zero-order chi connectivity index (χ0) is 37.9. The third-order valence-electron chi connectivity index (χ3n) is 10.3. The van der Waals surface area contributed by atoms with E-state index < -0.39 is 0 Å². The molecular weight excluding hydrogens is 698 g/mol. The van der Waals surface area contributed by atoms with Gasteiger partial charge in [-0.15, -0.1) is 0 Å². The molecule has 2 unspecified atom stereocenters. The van der Waals surface area contributed by atoms with Crippen LogP contribution in [0.1, 0.15) is 50.7 Å². The highest BCUT2D eigenvalue weighted by atomic mass is 19.1. The van der Waals surface area contributed by atoms with Crippen LogP contribution < -0.4 is 9.80 Å². The number of allylic oxidation sites excluding steroid dienone is 2. The number of amides is 2. The van der Waals surface area contributed by atoms with Crippen LogP contribution in [-0.2, 0) is 41.5 Å². The summed E-state index contributed by atoms with van der Waals surface area (Å²) in [4.78, 5) is 66.3. The lowest BCUT2D eigenvalue weighted by atomic mass is 10.1. The summed E-state index contributed by atoms with van der Waals surface area (Å²) in [6.07, 6.45) is 4.71. The Morgan fingerprint density at radius 2 is 1.11 bits per heavy atom. The van der Waals surface area contributed by atoms with E-state index >= 15 is 0 Å². The number of benzene rings is 2. The zero-order valence-corrected chi connectivity index (χ0v) is 30.6. The van der Waals surface area contributed by atoms with Crippen molar-refractivity contribution in [3.05, 3.63) is 83.0 Å². The molecule has 0 aliphatic carbocycles. The third kappa shape index (κ3) is 8.34. The van der Waals surface area contributed by atoms with Crippen LogP contribution in [-0.4, -0.2) is 109 Å². The van der Waals surface area contributed by atoms with Gasteiger partial charge in [-0.25, -0.2) is 18.8 Å². The van der Waals surface area contributed by atoms with Gasteiger partial charge in [0.25, 0.3) is 0 Å². The molecule has 2 fully saturated rings. The first-order valence-corrected chi connectivity index (χ1v) is 18.5. The number of morpholine rings is 2. The maximum absolute atomic E-state index is 13.9. The molecular formula is C40H44F2N6O6. The van der Waals surface area contributed by atoms with Gasteiger partial charge in [-0.3, -0.25) is 19.2 Å². The largest absolute Gasteiger partial charge is 0.375 e. The van der Waals surface area contributed by atoms with Gasteiger partial charge in [-0.1, -0.05) is 12.1 Å². The molecule has 6 aliphatic rings. The number of hydrogen-bond donors (Lipinski definition) is 0. The third-order valence-corrected chi connectivity index (χ3v) is 10.3. The number of fused-ring (bicyclic) bond motifs is 2. The van der Waals surface area contributed by atoms with Gasteiger partial charge in [0, 0.05) is 98.2 Å². The van der Waals surface area contributed by atoms with Crippen molar-refractivity contribution in [3.8, 4) is 0 Å². The molecule has 0 spiro atoms. The van der Waals surface area contributed by atoms with Crippen molar-refractivity contribution in [2.24, 2.45) is 9.98 Å². The predicted octanol–water partition coefficient (Wildman–Crippen LogP) is 4.16. The van der Waals surface area contributed by atoms with Crippen molar-refractivity contribution < 1.29 is 37.4 Å². The number of carbonyl (C=O) groups is 4. The summed E-state index contributed by atoms with van der Waals surface area (Å²) < 4.78 is 38.9. The normalized spacial score (nSPS) is 22.4. The van der Waals surface area contributed by atoms with Crippen LogP contribution in [0.15, 0.2) is 70.2 Å². The number of hydrogen-bond acceptors (Lipinski definition) is 10. The number of nitrogens with zero attached hydrogens (tertiary/aromatic N) is 6. The molecule has 2 aromatic rings. The Balaban J connectivity index is 0.000000167. The zero-order valence-electron chi connectivity index (χ0n) is 30.6. The minimum atomic E-state index is -0.278. The smallest absolute Gasteiger partial charge is 0.232 e. The Kier molecular flexibility index (Phi) is 11.1. The van der Waals surface area contributed by atoms with Gasteiger partial charge in [0.05, 0.1) is 38.3 Å². The van der Waals surface area contributed by atoms with Crippen molar-refractivity contribution in [3.63, 3.8) is 0 Å². The molecule has 0 aromatic heterocycles. The summed E-state index contributed by atoms with van der Waals surface area (Å²) in [6.45, 7) is 8.75. The summed E-state index contributed by atoms with van der Waals surface area (Å²) >= 11 is 0.